The summed E-state index contributed by atoms with van der Waals surface area (Å²) in [5.74, 6) is 0.155. The van der Waals surface area contributed by atoms with Crippen LogP contribution < -0.4 is 4.74 Å². The minimum Gasteiger partial charge on any atom is -0.477 e. The van der Waals surface area contributed by atoms with E-state index in [0.717, 1.165) is 18.4 Å². The normalized spacial score (nSPS) is 14.5. The summed E-state index contributed by atoms with van der Waals surface area (Å²) in [6.07, 6.45) is 2.73. The number of aromatic amines is 1. The second kappa shape index (κ2) is 9.77. The van der Waals surface area contributed by atoms with E-state index in [2.05, 4.69) is 10.2 Å². The molecule has 1 fully saturated rings. The van der Waals surface area contributed by atoms with Crippen molar-refractivity contribution in [2.24, 2.45) is 5.92 Å². The van der Waals surface area contributed by atoms with Gasteiger partial charge in [0.25, 0.3) is 0 Å². The number of rotatable bonds is 7. The molecule has 1 aromatic carbocycles. The summed E-state index contributed by atoms with van der Waals surface area (Å²) in [6, 6.07) is 9.62. The van der Waals surface area contributed by atoms with Gasteiger partial charge in [-0.25, -0.2) is 14.7 Å². The first-order chi connectivity index (χ1) is 13.7. The molecule has 1 N–H and O–H groups in total. The maximum atomic E-state index is 12.2. The maximum absolute atomic E-state index is 12.2. The topological polar surface area (TPSA) is 93.7 Å². The number of benzene rings is 1. The molecule has 1 aromatic heterocycles. The number of carbonyl (C=O) groups excluding carboxylic acids is 2. The van der Waals surface area contributed by atoms with Gasteiger partial charge in [-0.1, -0.05) is 30.3 Å². The lowest BCUT2D eigenvalue weighted by Gasteiger charge is -2.31. The summed E-state index contributed by atoms with van der Waals surface area (Å²) >= 11 is 0. The zero-order valence-electron chi connectivity index (χ0n) is 15.9. The summed E-state index contributed by atoms with van der Waals surface area (Å²) in [5.41, 5.74) is 1.26. The van der Waals surface area contributed by atoms with Crippen molar-refractivity contribution in [2.75, 3.05) is 26.3 Å². The van der Waals surface area contributed by atoms with Gasteiger partial charge in [-0.05, 0) is 31.2 Å². The number of piperidine rings is 1. The van der Waals surface area contributed by atoms with E-state index in [4.69, 9.17) is 14.2 Å². The largest absolute Gasteiger partial charge is 0.477 e. The van der Waals surface area contributed by atoms with Crippen LogP contribution in [0.4, 0.5) is 4.79 Å². The monoisotopic (exact) mass is 387 g/mol. The van der Waals surface area contributed by atoms with Crippen LogP contribution in [0.5, 0.6) is 5.88 Å². The molecule has 1 aliphatic rings. The Morgan fingerprint density at radius 2 is 1.93 bits per heavy atom. The third-order valence-electron chi connectivity index (χ3n) is 4.64. The number of likely N-dealkylation sites (tertiary alicyclic amines) is 1. The molecule has 1 saturated heterocycles. The molecule has 150 valence electrons. The Morgan fingerprint density at radius 3 is 2.64 bits per heavy atom. The smallest absolute Gasteiger partial charge is 0.410 e. The number of nitrogens with one attached hydrogen (secondary N) is 1. The molecule has 0 radical (unpaired) electrons. The van der Waals surface area contributed by atoms with E-state index in [1.54, 1.807) is 11.8 Å². The molecule has 0 saturated carbocycles. The number of nitrogens with zero attached hydrogens (tertiary/aromatic N) is 2. The van der Waals surface area contributed by atoms with Crippen molar-refractivity contribution < 1.29 is 23.8 Å². The molecule has 1 aliphatic heterocycles. The summed E-state index contributed by atoms with van der Waals surface area (Å²) in [4.78, 5) is 25.8. The van der Waals surface area contributed by atoms with Crippen LogP contribution in [0.2, 0.25) is 0 Å². The first-order valence-corrected chi connectivity index (χ1v) is 9.46. The predicted octanol–water partition coefficient (Wildman–Crippen LogP) is 3.01. The molecule has 0 spiro atoms. The summed E-state index contributed by atoms with van der Waals surface area (Å²) in [7, 11) is 0. The highest BCUT2D eigenvalue weighted by Gasteiger charge is 2.25. The summed E-state index contributed by atoms with van der Waals surface area (Å²) in [5, 5.41) is 6.54. The van der Waals surface area contributed by atoms with Crippen molar-refractivity contribution >= 4 is 12.1 Å². The van der Waals surface area contributed by atoms with Gasteiger partial charge in [0, 0.05) is 13.1 Å². The fourth-order valence-corrected chi connectivity index (χ4v) is 3.03. The van der Waals surface area contributed by atoms with Crippen LogP contribution in [-0.2, 0) is 16.1 Å². The molecule has 2 heterocycles. The van der Waals surface area contributed by atoms with Crippen molar-refractivity contribution in [3.8, 4) is 5.88 Å². The Labute approximate surface area is 163 Å². The molecule has 1 amide bonds. The minimum atomic E-state index is -0.456. The van der Waals surface area contributed by atoms with Gasteiger partial charge in [0.15, 0.2) is 0 Å². The molecule has 8 nitrogen and oxygen atoms in total. The Morgan fingerprint density at radius 1 is 1.18 bits per heavy atom. The number of hydrogen-bond acceptors (Lipinski definition) is 6. The average Bonchev–Trinajstić information content (AvgIpc) is 3.20. The fraction of sp³-hybridized carbons (Fsp3) is 0.450. The number of aromatic nitrogens is 2. The molecule has 0 unspecified atom stereocenters. The minimum absolute atomic E-state index is 0.277. The summed E-state index contributed by atoms with van der Waals surface area (Å²) < 4.78 is 16.1. The number of amides is 1. The van der Waals surface area contributed by atoms with E-state index in [0.29, 0.717) is 37.7 Å². The number of carbonyl (C=O) groups is 2. The Bertz CT molecular complexity index is 769. The van der Waals surface area contributed by atoms with E-state index in [1.807, 2.05) is 30.3 Å². The highest BCUT2D eigenvalue weighted by Crippen LogP contribution is 2.21. The standard InChI is InChI=1S/C20H25N3O5/c1-2-26-19(24)17-12-21-22-18(17)27-13-16-8-10-23(11-9-16)20(25)28-14-15-6-4-3-5-7-15/h3-7,12,16H,2,8-11,13-14H2,1H3,(H,21,22). The predicted molar refractivity (Wildman–Crippen MR) is 101 cm³/mol. The molecular weight excluding hydrogens is 362 g/mol. The van der Waals surface area contributed by atoms with Gasteiger partial charge in [-0.15, -0.1) is 0 Å². The lowest BCUT2D eigenvalue weighted by Crippen LogP contribution is -2.40. The third kappa shape index (κ3) is 5.25. The van der Waals surface area contributed by atoms with E-state index < -0.39 is 5.97 Å². The summed E-state index contributed by atoms with van der Waals surface area (Å²) in [6.45, 7) is 4.00. The van der Waals surface area contributed by atoms with E-state index >= 15 is 0 Å². The van der Waals surface area contributed by atoms with Crippen molar-refractivity contribution in [3.05, 3.63) is 47.7 Å². The molecule has 28 heavy (non-hydrogen) atoms. The first kappa shape index (κ1) is 19.7. The van der Waals surface area contributed by atoms with E-state index in [1.165, 1.54) is 6.20 Å². The van der Waals surface area contributed by atoms with Gasteiger partial charge in [-0.2, -0.15) is 5.10 Å². The van der Waals surface area contributed by atoms with Gasteiger partial charge in [0.05, 0.1) is 19.4 Å². The van der Waals surface area contributed by atoms with Gasteiger partial charge in [0.1, 0.15) is 12.2 Å². The van der Waals surface area contributed by atoms with Crippen LogP contribution in [0.1, 0.15) is 35.7 Å². The fourth-order valence-electron chi connectivity index (χ4n) is 3.03. The van der Waals surface area contributed by atoms with Gasteiger partial charge in [0.2, 0.25) is 5.88 Å². The van der Waals surface area contributed by atoms with Crippen LogP contribution in [0, 0.1) is 5.92 Å². The average molecular weight is 387 g/mol. The quantitative estimate of drug-likeness (QED) is 0.734. The van der Waals surface area contributed by atoms with Gasteiger partial charge >= 0.3 is 12.1 Å². The first-order valence-electron chi connectivity index (χ1n) is 9.46. The highest BCUT2D eigenvalue weighted by molar-refractivity contribution is 5.91. The van der Waals surface area contributed by atoms with Crippen LogP contribution >= 0.6 is 0 Å². The van der Waals surface area contributed by atoms with Crippen molar-refractivity contribution in [1.82, 2.24) is 15.1 Å². The Balaban J connectivity index is 1.40. The van der Waals surface area contributed by atoms with E-state index in [-0.39, 0.29) is 18.6 Å². The molecule has 0 aliphatic carbocycles. The molecule has 8 heteroatoms. The second-order valence-electron chi connectivity index (χ2n) is 6.61. The lowest BCUT2D eigenvalue weighted by molar-refractivity contribution is 0.0517. The van der Waals surface area contributed by atoms with Crippen molar-refractivity contribution in [1.29, 1.82) is 0 Å². The van der Waals surface area contributed by atoms with Crippen LogP contribution in [0.15, 0.2) is 36.5 Å². The number of ether oxygens (including phenoxy) is 3. The molecule has 2 aromatic rings. The number of H-pyrrole nitrogens is 1. The number of esters is 1. The highest BCUT2D eigenvalue weighted by atomic mass is 16.6. The third-order valence-corrected chi connectivity index (χ3v) is 4.64. The van der Waals surface area contributed by atoms with Crippen LogP contribution in [0.3, 0.4) is 0 Å². The zero-order chi connectivity index (χ0) is 19.8. The van der Waals surface area contributed by atoms with E-state index in [9.17, 15) is 9.59 Å². The second-order valence-corrected chi connectivity index (χ2v) is 6.61. The van der Waals surface area contributed by atoms with Gasteiger partial charge < -0.3 is 19.1 Å². The zero-order valence-corrected chi connectivity index (χ0v) is 15.9. The lowest BCUT2D eigenvalue weighted by atomic mass is 9.98. The number of hydrogen-bond donors (Lipinski definition) is 1. The maximum Gasteiger partial charge on any atom is 0.410 e. The van der Waals surface area contributed by atoms with Crippen LogP contribution in [0.25, 0.3) is 0 Å². The SMILES string of the molecule is CCOC(=O)c1cn[nH]c1OCC1CCN(C(=O)OCc2ccccc2)CC1. The van der Waals surface area contributed by atoms with Gasteiger partial charge in [-0.3, -0.25) is 0 Å². The Hall–Kier alpha value is -3.03. The molecule has 0 atom stereocenters. The van der Waals surface area contributed by atoms with Crippen molar-refractivity contribution in [2.45, 2.75) is 26.4 Å². The van der Waals surface area contributed by atoms with Crippen LogP contribution in [-0.4, -0.2) is 53.5 Å². The molecular formula is C20H25N3O5. The molecule has 3 rings (SSSR count). The van der Waals surface area contributed by atoms with Crippen molar-refractivity contribution in [3.63, 3.8) is 0 Å². The Kier molecular flexibility index (Phi) is 6.89. The molecule has 0 bridgehead atoms.